The van der Waals surface area contributed by atoms with Gasteiger partial charge in [-0.05, 0) is 38.1 Å². The molecule has 37 heavy (non-hydrogen) atoms. The summed E-state index contributed by atoms with van der Waals surface area (Å²) in [6.07, 6.45) is 1.29. The van der Waals surface area contributed by atoms with Gasteiger partial charge >= 0.3 is 0 Å². The number of anilines is 2. The maximum Gasteiger partial charge on any atom is 0.203 e. The van der Waals surface area contributed by atoms with Crippen LogP contribution in [-0.2, 0) is 6.42 Å². The van der Waals surface area contributed by atoms with E-state index in [2.05, 4.69) is 25.2 Å². The highest BCUT2D eigenvalue weighted by Crippen LogP contribution is 2.39. The SMILES string of the molecule is CC(C)N1CCOc2c(F)cc(-c3nc(Cc4nc5ccc(N6CCNCC6)cc5o4)ncc3F)cc21. The van der Waals surface area contributed by atoms with Crippen LogP contribution in [0.2, 0.25) is 0 Å². The molecule has 0 radical (unpaired) electrons. The summed E-state index contributed by atoms with van der Waals surface area (Å²) in [6.45, 7) is 8.83. The Labute approximate surface area is 213 Å². The van der Waals surface area contributed by atoms with Crippen molar-refractivity contribution >= 4 is 22.5 Å². The quantitative estimate of drug-likeness (QED) is 0.432. The minimum atomic E-state index is -0.630. The summed E-state index contributed by atoms with van der Waals surface area (Å²) in [7, 11) is 0. The van der Waals surface area contributed by atoms with Crippen molar-refractivity contribution in [2.45, 2.75) is 26.3 Å². The van der Waals surface area contributed by atoms with Crippen molar-refractivity contribution in [1.82, 2.24) is 20.3 Å². The molecule has 4 heterocycles. The Kier molecular flexibility index (Phi) is 6.11. The van der Waals surface area contributed by atoms with Crippen LogP contribution in [0, 0.1) is 11.6 Å². The summed E-state index contributed by atoms with van der Waals surface area (Å²) in [4.78, 5) is 17.5. The van der Waals surface area contributed by atoms with Gasteiger partial charge in [0.1, 0.15) is 23.6 Å². The molecule has 192 valence electrons. The lowest BCUT2D eigenvalue weighted by Gasteiger charge is -2.34. The molecule has 0 saturated carbocycles. The van der Waals surface area contributed by atoms with Crippen molar-refractivity contribution in [3.63, 3.8) is 0 Å². The second-order valence-electron chi connectivity index (χ2n) is 9.60. The smallest absolute Gasteiger partial charge is 0.203 e. The largest absolute Gasteiger partial charge is 0.486 e. The average Bonchev–Trinajstić information content (AvgIpc) is 3.31. The number of hydrogen-bond acceptors (Lipinski definition) is 8. The molecule has 1 saturated heterocycles. The number of ether oxygens (including phenoxy) is 1. The van der Waals surface area contributed by atoms with Gasteiger partial charge in [0.15, 0.2) is 23.0 Å². The van der Waals surface area contributed by atoms with Crippen LogP contribution in [0.1, 0.15) is 25.6 Å². The van der Waals surface area contributed by atoms with E-state index in [1.54, 1.807) is 6.07 Å². The van der Waals surface area contributed by atoms with E-state index in [4.69, 9.17) is 9.15 Å². The molecule has 0 amide bonds. The molecule has 0 atom stereocenters. The van der Waals surface area contributed by atoms with E-state index in [9.17, 15) is 8.78 Å². The predicted molar refractivity (Wildman–Crippen MR) is 137 cm³/mol. The molecular formula is C27H28F2N6O2. The zero-order chi connectivity index (χ0) is 25.5. The van der Waals surface area contributed by atoms with Crippen molar-refractivity contribution < 1.29 is 17.9 Å². The summed E-state index contributed by atoms with van der Waals surface area (Å²) in [5, 5.41) is 3.35. The first kappa shape index (κ1) is 23.6. The number of aromatic nitrogens is 3. The number of halogens is 2. The Hall–Kier alpha value is -3.79. The molecule has 1 N–H and O–H groups in total. The molecule has 1 fully saturated rings. The summed E-state index contributed by atoms with van der Waals surface area (Å²) < 4.78 is 41.4. The van der Waals surface area contributed by atoms with Crippen LogP contribution in [0.4, 0.5) is 20.2 Å². The molecule has 4 aromatic rings. The lowest BCUT2D eigenvalue weighted by Crippen LogP contribution is -2.43. The van der Waals surface area contributed by atoms with Crippen LogP contribution in [0.3, 0.4) is 0 Å². The van der Waals surface area contributed by atoms with E-state index in [0.29, 0.717) is 41.7 Å². The summed E-state index contributed by atoms with van der Waals surface area (Å²) >= 11 is 0. The first-order valence-corrected chi connectivity index (χ1v) is 12.6. The number of rotatable bonds is 5. The standard InChI is InChI=1S/C27H28F2N6O2/c1-16(2)35-9-10-36-27-19(28)11-17(12-22(27)35)26-20(29)15-31-24(33-26)14-25-32-21-4-3-18(13-23(21)37-25)34-7-5-30-6-8-34/h3-4,11-13,15-16,30H,5-10,14H2,1-2H3. The Balaban J connectivity index is 1.30. The number of oxazole rings is 1. The van der Waals surface area contributed by atoms with Crippen LogP contribution in [-0.4, -0.2) is 60.3 Å². The monoisotopic (exact) mass is 506 g/mol. The molecule has 8 nitrogen and oxygen atoms in total. The third-order valence-electron chi connectivity index (χ3n) is 6.81. The fourth-order valence-electron chi connectivity index (χ4n) is 4.96. The number of benzene rings is 2. The Morgan fingerprint density at radius 2 is 1.86 bits per heavy atom. The Morgan fingerprint density at radius 1 is 1.03 bits per heavy atom. The minimum Gasteiger partial charge on any atom is -0.486 e. The van der Waals surface area contributed by atoms with Gasteiger partial charge in [-0.1, -0.05) is 0 Å². The maximum absolute atomic E-state index is 15.0. The molecular weight excluding hydrogens is 478 g/mol. The van der Waals surface area contributed by atoms with Crippen LogP contribution >= 0.6 is 0 Å². The molecule has 0 spiro atoms. The first-order valence-electron chi connectivity index (χ1n) is 12.6. The lowest BCUT2D eigenvalue weighted by atomic mass is 10.1. The fourth-order valence-corrected chi connectivity index (χ4v) is 4.96. The third-order valence-corrected chi connectivity index (χ3v) is 6.81. The van der Waals surface area contributed by atoms with E-state index in [1.165, 1.54) is 6.07 Å². The van der Waals surface area contributed by atoms with Gasteiger partial charge in [-0.2, -0.15) is 0 Å². The molecule has 2 aromatic carbocycles. The summed E-state index contributed by atoms with van der Waals surface area (Å²) in [5.41, 5.74) is 3.45. The molecule has 2 aliphatic heterocycles. The highest BCUT2D eigenvalue weighted by Gasteiger charge is 2.26. The molecule has 2 aliphatic rings. The van der Waals surface area contributed by atoms with Gasteiger partial charge in [0.25, 0.3) is 0 Å². The van der Waals surface area contributed by atoms with Crippen molar-refractivity contribution in [2.24, 2.45) is 0 Å². The zero-order valence-electron chi connectivity index (χ0n) is 20.8. The summed E-state index contributed by atoms with van der Waals surface area (Å²) in [5.74, 6) is -0.225. The minimum absolute atomic E-state index is 0.0260. The van der Waals surface area contributed by atoms with E-state index in [1.807, 2.05) is 36.9 Å². The van der Waals surface area contributed by atoms with Gasteiger partial charge in [0.05, 0.1) is 24.8 Å². The molecule has 6 rings (SSSR count). The van der Waals surface area contributed by atoms with Gasteiger partial charge in [0, 0.05) is 49.5 Å². The van der Waals surface area contributed by atoms with Gasteiger partial charge in [0.2, 0.25) is 5.89 Å². The van der Waals surface area contributed by atoms with Crippen molar-refractivity contribution in [1.29, 1.82) is 0 Å². The van der Waals surface area contributed by atoms with Crippen molar-refractivity contribution in [2.75, 3.05) is 49.1 Å². The predicted octanol–water partition coefficient (Wildman–Crippen LogP) is 4.17. The van der Waals surface area contributed by atoms with E-state index >= 15 is 0 Å². The van der Waals surface area contributed by atoms with Crippen LogP contribution in [0.25, 0.3) is 22.4 Å². The molecule has 0 aliphatic carbocycles. The normalized spacial score (nSPS) is 15.8. The number of fused-ring (bicyclic) bond motifs is 2. The molecule has 0 unspecified atom stereocenters. The third kappa shape index (κ3) is 4.57. The topological polar surface area (TPSA) is 79.5 Å². The number of nitrogens with zero attached hydrogens (tertiary/aromatic N) is 5. The highest BCUT2D eigenvalue weighted by molar-refractivity contribution is 5.78. The van der Waals surface area contributed by atoms with Gasteiger partial charge in [-0.15, -0.1) is 0 Å². The molecule has 0 bridgehead atoms. The lowest BCUT2D eigenvalue weighted by molar-refractivity contribution is 0.287. The first-order chi connectivity index (χ1) is 18.0. The fraction of sp³-hybridized carbons (Fsp3) is 0.370. The van der Waals surface area contributed by atoms with Gasteiger partial charge < -0.3 is 24.3 Å². The van der Waals surface area contributed by atoms with Crippen molar-refractivity contribution in [3.8, 4) is 17.0 Å². The van der Waals surface area contributed by atoms with Crippen LogP contribution < -0.4 is 19.9 Å². The summed E-state index contributed by atoms with van der Waals surface area (Å²) in [6, 6.07) is 9.09. The van der Waals surface area contributed by atoms with E-state index in [0.717, 1.165) is 43.6 Å². The zero-order valence-corrected chi connectivity index (χ0v) is 20.8. The van der Waals surface area contributed by atoms with Crippen molar-refractivity contribution in [3.05, 3.63) is 59.9 Å². The Morgan fingerprint density at radius 3 is 2.68 bits per heavy atom. The Bertz CT molecular complexity index is 1450. The average molecular weight is 507 g/mol. The maximum atomic E-state index is 15.0. The molecule has 2 aromatic heterocycles. The van der Waals surface area contributed by atoms with Gasteiger partial charge in [-0.25, -0.2) is 23.7 Å². The second-order valence-corrected chi connectivity index (χ2v) is 9.60. The highest BCUT2D eigenvalue weighted by atomic mass is 19.1. The van der Waals surface area contributed by atoms with E-state index in [-0.39, 0.29) is 23.9 Å². The number of nitrogens with one attached hydrogen (secondary N) is 1. The van der Waals surface area contributed by atoms with Gasteiger partial charge in [-0.3, -0.25) is 0 Å². The molecule has 10 heteroatoms. The second kappa shape index (κ2) is 9.59. The number of piperazine rings is 1. The number of hydrogen-bond donors (Lipinski definition) is 1. The van der Waals surface area contributed by atoms with Crippen LogP contribution in [0.15, 0.2) is 40.9 Å². The van der Waals surface area contributed by atoms with Crippen LogP contribution in [0.5, 0.6) is 5.75 Å². The van der Waals surface area contributed by atoms with E-state index < -0.39 is 11.6 Å².